The second-order valence-corrected chi connectivity index (χ2v) is 33.4. The van der Waals surface area contributed by atoms with Gasteiger partial charge in [0.25, 0.3) is 5.92 Å². The predicted octanol–water partition coefficient (Wildman–Crippen LogP) is 7.05. The van der Waals surface area contributed by atoms with Gasteiger partial charge in [-0.15, -0.1) is 0 Å². The molecule has 0 unspecified atom stereocenters. The molecule has 111 heavy (non-hydrogen) atoms. The fourth-order valence-electron chi connectivity index (χ4n) is 17.3. The maximum atomic E-state index is 15.9. The number of piperidine rings is 1. The quantitative estimate of drug-likeness (QED) is 0.158. The zero-order valence-corrected chi connectivity index (χ0v) is 67.7. The molecule has 7 aliphatic rings. The minimum atomic E-state index is -4.84. The fourth-order valence-corrected chi connectivity index (χ4v) is 17.6. The summed E-state index contributed by atoms with van der Waals surface area (Å²) in [5.74, 6) is -14.0. The largest absolute Gasteiger partial charge is 0.417 e. The van der Waals surface area contributed by atoms with E-state index < -0.39 is 223 Å². The van der Waals surface area contributed by atoms with Crippen LogP contribution in [0.15, 0.2) is 18.2 Å². The maximum absolute atomic E-state index is 15.9. The summed E-state index contributed by atoms with van der Waals surface area (Å²) in [6.45, 7) is 7.91. The number of fused-ring (bicyclic) bond motifs is 1. The fraction of sp³-hybridized carbons (Fsp3) is 0.759. The van der Waals surface area contributed by atoms with Crippen molar-refractivity contribution < 1.29 is 84.3 Å². The Labute approximate surface area is 655 Å². The maximum Gasteiger partial charge on any atom is 0.417 e. The number of nitrogens with one attached hydrogen (secondary N) is 3. The summed E-state index contributed by atoms with van der Waals surface area (Å²) in [6, 6.07) is -9.44. The van der Waals surface area contributed by atoms with Gasteiger partial charge in [0.2, 0.25) is 76.8 Å². The van der Waals surface area contributed by atoms with Crippen LogP contribution in [0.4, 0.5) is 22.0 Å². The smallest absolute Gasteiger partial charge is 0.343 e. The molecule has 4 heterocycles. The average Bonchev–Trinajstić information content (AvgIpc) is 1.74. The van der Waals surface area contributed by atoms with Gasteiger partial charge in [-0.05, 0) is 125 Å². The van der Waals surface area contributed by atoms with Gasteiger partial charge < -0.3 is 64.9 Å². The topological polar surface area (TPSA) is 290 Å². The number of likely N-dealkylation sites (tertiary alicyclic amines) is 2. The van der Waals surface area contributed by atoms with Gasteiger partial charge in [-0.25, -0.2) is 8.78 Å². The summed E-state index contributed by atoms with van der Waals surface area (Å²) in [5, 5.41) is 7.85. The summed E-state index contributed by atoms with van der Waals surface area (Å²) in [4.78, 5) is 210. The summed E-state index contributed by atoms with van der Waals surface area (Å²) < 4.78 is 71.6. The van der Waals surface area contributed by atoms with Crippen LogP contribution < -0.4 is 16.0 Å². The number of benzene rings is 1. The van der Waals surface area contributed by atoms with Crippen molar-refractivity contribution in [3.05, 3.63) is 34.3 Å². The zero-order valence-electron chi connectivity index (χ0n) is 66.9. The molecule has 3 saturated carbocycles. The Morgan fingerprint density at radius 1 is 0.604 bits per heavy atom. The van der Waals surface area contributed by atoms with Crippen LogP contribution >= 0.6 is 11.6 Å². The highest BCUT2D eigenvalue weighted by molar-refractivity contribution is 6.31. The van der Waals surface area contributed by atoms with Crippen molar-refractivity contribution in [2.24, 2.45) is 23.7 Å². The van der Waals surface area contributed by atoms with Crippen LogP contribution in [0.5, 0.6) is 0 Å². The first-order valence-electron chi connectivity index (χ1n) is 40.1. The molecule has 8 rings (SSSR count). The third kappa shape index (κ3) is 21.6. The van der Waals surface area contributed by atoms with Crippen molar-refractivity contribution in [2.45, 2.75) is 274 Å². The van der Waals surface area contributed by atoms with E-state index in [9.17, 15) is 45.9 Å². The highest BCUT2D eigenvalue weighted by atomic mass is 35.5. The van der Waals surface area contributed by atoms with E-state index in [1.54, 1.807) is 11.8 Å². The SMILES string of the molecule is CC[C@H](C)[C@@H]1NC(=O)[C@H](CC(C)C)N(C)C(=O)C[C@@H](C(=O)N2CCCC2)N(C)C(=O)[C@H](C2CCCC2)N(C)C(=O)C2(CCCC2)NC(=O)[C@H](CC(=O)N2CCC(F)(F)CC2)N(C)C(=O)[C@H](CCc2ccc(C(F)(F)F)c(Cl)c2)NC(=O)CN(C)C(=O)[C@H](CCC2CCCCC2)N(C)C(=O)[C@@H]2CCN2C(=O)[C@H](C)N(C)C1=O. The molecule has 620 valence electrons. The number of rotatable bonds is 14. The molecule has 0 aromatic heterocycles. The molecule has 13 amide bonds. The Morgan fingerprint density at radius 2 is 1.22 bits per heavy atom. The second kappa shape index (κ2) is 38.4. The molecule has 3 N–H and O–H groups in total. The molecule has 1 spiro atoms. The first-order valence-corrected chi connectivity index (χ1v) is 40.5. The van der Waals surface area contributed by atoms with Gasteiger partial charge in [-0.3, -0.25) is 62.3 Å². The molecule has 1 aromatic carbocycles. The highest BCUT2D eigenvalue weighted by Gasteiger charge is 2.53. The number of aryl methyl sites for hydroxylation is 1. The number of likely N-dealkylation sites (N-methyl/N-ethyl adjacent to an activating group) is 7. The number of halogens is 6. The second-order valence-electron chi connectivity index (χ2n) is 33.0. The molecular formula is C79H119ClF5N13O13. The molecule has 4 saturated heterocycles. The number of hydrogen-bond donors (Lipinski definition) is 3. The molecule has 0 radical (unpaired) electrons. The summed E-state index contributed by atoms with van der Waals surface area (Å²) in [5.41, 5.74) is -2.81. The van der Waals surface area contributed by atoms with Gasteiger partial charge in [0.15, 0.2) is 0 Å². The van der Waals surface area contributed by atoms with Gasteiger partial charge in [0, 0.05) is 94.9 Å². The summed E-state index contributed by atoms with van der Waals surface area (Å²) in [6.07, 6.45) is 1.81. The third-order valence-electron chi connectivity index (χ3n) is 24.9. The molecule has 26 nitrogen and oxygen atoms in total. The molecule has 10 atom stereocenters. The molecule has 32 heteroatoms. The van der Waals surface area contributed by atoms with Crippen molar-refractivity contribution >= 4 is 88.4 Å². The summed E-state index contributed by atoms with van der Waals surface area (Å²) in [7, 11) is 9.54. The number of alkyl halides is 5. The van der Waals surface area contributed by atoms with E-state index in [0.717, 1.165) is 72.1 Å². The van der Waals surface area contributed by atoms with Crippen LogP contribution in [0.25, 0.3) is 0 Å². The van der Waals surface area contributed by atoms with E-state index in [4.69, 9.17) is 11.6 Å². The van der Waals surface area contributed by atoms with Gasteiger partial charge in [-0.1, -0.05) is 110 Å². The lowest BCUT2D eigenvalue weighted by atomic mass is 9.85. The van der Waals surface area contributed by atoms with E-state index in [1.165, 1.54) is 78.6 Å². The first kappa shape index (κ1) is 88.8. The standard InChI is InChI=1S/C79H119ClF5N13O13/c1-13-49(4)65-74(109)90(7)50(5)69(104)98-40-33-58(98)72(107)92(9)57(32-29-51-23-15-14-16-24-51)71(106)89(6)47-62(99)86-56(31-28-52-27-30-54(55(80)44-52)79(83,84)85)70(105)93(10)60(45-64(101)96-41-36-78(81,82)37-42-96)68(103)88-77(34-19-20-35-77)76(111)95(12)66(53-25-17-18-26-53)75(110)94(11)61(73(108)97-38-21-22-39-97)46-63(100)91(8)59(43-48(2)3)67(102)87-65/h27,30,44,48-51,53,56-61,65-66H,13-26,28-29,31-43,45-47H2,1-12H3,(H,86,99)(H,87,102)(H,88,103)/t49-,50-,56-,57-,58-,59-,60-,61-,65-,66-/m0/s1. The number of nitrogens with zero attached hydrogens (tertiary/aromatic N) is 10. The van der Waals surface area contributed by atoms with Crippen molar-refractivity contribution in [1.29, 1.82) is 0 Å². The monoisotopic (exact) mass is 1590 g/mol. The van der Waals surface area contributed by atoms with Crippen LogP contribution in [0, 0.1) is 23.7 Å². The molecule has 7 fully saturated rings. The van der Waals surface area contributed by atoms with Gasteiger partial charge >= 0.3 is 6.18 Å². The molecular weight excluding hydrogens is 1470 g/mol. The average molecular weight is 1590 g/mol. The van der Waals surface area contributed by atoms with E-state index in [-0.39, 0.29) is 62.5 Å². The van der Waals surface area contributed by atoms with Crippen molar-refractivity contribution in [3.63, 3.8) is 0 Å². The Balaban J connectivity index is 1.23. The Morgan fingerprint density at radius 3 is 1.79 bits per heavy atom. The van der Waals surface area contributed by atoms with Crippen LogP contribution in [-0.2, 0) is 74.9 Å². The van der Waals surface area contributed by atoms with E-state index in [1.807, 2.05) is 20.8 Å². The van der Waals surface area contributed by atoms with E-state index in [2.05, 4.69) is 16.0 Å². The number of carbonyl (C=O) groups excluding carboxylic acids is 13. The number of amides is 13. The lowest BCUT2D eigenvalue weighted by Gasteiger charge is -2.45. The van der Waals surface area contributed by atoms with Crippen LogP contribution in [0.2, 0.25) is 5.02 Å². The number of carbonyl (C=O) groups is 13. The van der Waals surface area contributed by atoms with Crippen molar-refractivity contribution in [1.82, 2.24) is 64.9 Å². The van der Waals surface area contributed by atoms with Gasteiger partial charge in [0.05, 0.1) is 30.0 Å². The Hall–Kier alpha value is -7.73. The lowest BCUT2D eigenvalue weighted by molar-refractivity contribution is -0.160. The Kier molecular flexibility index (Phi) is 30.7. The van der Waals surface area contributed by atoms with Crippen LogP contribution in [0.3, 0.4) is 0 Å². The molecule has 3 aliphatic carbocycles. The summed E-state index contributed by atoms with van der Waals surface area (Å²) >= 11 is 6.20. The van der Waals surface area contributed by atoms with Crippen LogP contribution in [0.1, 0.15) is 206 Å². The molecule has 1 aromatic rings. The predicted molar refractivity (Wildman–Crippen MR) is 403 cm³/mol. The first-order chi connectivity index (χ1) is 52.2. The van der Waals surface area contributed by atoms with Gasteiger partial charge in [-0.2, -0.15) is 13.2 Å². The number of hydrogen-bond acceptors (Lipinski definition) is 13. The van der Waals surface area contributed by atoms with Gasteiger partial charge in [0.1, 0.15) is 59.9 Å². The highest BCUT2D eigenvalue weighted by Crippen LogP contribution is 2.39. The van der Waals surface area contributed by atoms with Crippen molar-refractivity contribution in [2.75, 3.05) is 88.6 Å². The molecule has 4 aliphatic heterocycles. The van der Waals surface area contributed by atoms with E-state index >= 15 is 38.4 Å². The third-order valence-corrected chi connectivity index (χ3v) is 25.2. The minimum absolute atomic E-state index is 0.0162. The minimum Gasteiger partial charge on any atom is -0.343 e. The van der Waals surface area contributed by atoms with Crippen LogP contribution in [-0.4, -0.2) is 280 Å². The van der Waals surface area contributed by atoms with Crippen molar-refractivity contribution in [3.8, 4) is 0 Å². The van der Waals surface area contributed by atoms with E-state index in [0.29, 0.717) is 77.3 Å². The normalized spacial score (nSPS) is 27.8. The Bertz CT molecular complexity index is 3540. The lowest BCUT2D eigenvalue weighted by Crippen LogP contribution is -2.65. The molecule has 0 bridgehead atoms. The zero-order chi connectivity index (χ0) is 81.9.